The SMILES string of the molecule is COc1cc(OC)c(OC)c2c1CCC(C(=O)N[C@@H](Cc1ccccc1)C(=O)NC(CC(C)C)B(O)O)C2. The van der Waals surface area contributed by atoms with Gasteiger partial charge in [0, 0.05) is 29.5 Å². The normalized spacial score (nSPS) is 16.2. The topological polar surface area (TPSA) is 126 Å². The summed E-state index contributed by atoms with van der Waals surface area (Å²) in [6.07, 6.45) is 2.25. The summed E-state index contributed by atoms with van der Waals surface area (Å²) in [5.41, 5.74) is 2.73. The molecular weight excluding hydrogens is 487 g/mol. The standard InChI is InChI=1S/C28H39BN2O7/c1-17(2)13-25(29(34)35)31-28(33)22(14-18-9-7-6-8-10-18)30-27(32)19-11-12-20-21(15-19)26(38-5)24(37-4)16-23(20)36-3/h6-10,16-17,19,22,25,34-35H,11-15H2,1-5H3,(H,30,32)(H,31,33)/t19?,22-,25?/m0/s1. The Bertz CT molecular complexity index is 1070. The fourth-order valence-electron chi connectivity index (χ4n) is 5.04. The average Bonchev–Trinajstić information content (AvgIpc) is 2.91. The van der Waals surface area contributed by atoms with Crippen molar-refractivity contribution in [3.05, 3.63) is 53.1 Å². The number of carbonyl (C=O) groups excluding carboxylic acids is 2. The number of rotatable bonds is 12. The maximum Gasteiger partial charge on any atom is 0.475 e. The van der Waals surface area contributed by atoms with Crippen LogP contribution in [0.5, 0.6) is 17.2 Å². The van der Waals surface area contributed by atoms with Gasteiger partial charge in [0.15, 0.2) is 11.5 Å². The lowest BCUT2D eigenvalue weighted by Gasteiger charge is -2.29. The second kappa shape index (κ2) is 13.5. The highest BCUT2D eigenvalue weighted by atomic mass is 16.5. The summed E-state index contributed by atoms with van der Waals surface area (Å²) in [4.78, 5) is 26.9. The lowest BCUT2D eigenvalue weighted by molar-refractivity contribution is -0.131. The summed E-state index contributed by atoms with van der Waals surface area (Å²) in [5.74, 6) is -0.0135. The van der Waals surface area contributed by atoms with E-state index >= 15 is 0 Å². The number of ether oxygens (including phenoxy) is 3. The molecule has 0 spiro atoms. The first kappa shape index (κ1) is 29.3. The first-order chi connectivity index (χ1) is 18.2. The summed E-state index contributed by atoms with van der Waals surface area (Å²) in [6, 6.07) is 10.3. The molecule has 0 bridgehead atoms. The van der Waals surface area contributed by atoms with Crippen molar-refractivity contribution in [3.8, 4) is 17.2 Å². The molecule has 1 aliphatic rings. The Morgan fingerprint density at radius 2 is 1.68 bits per heavy atom. The van der Waals surface area contributed by atoms with Gasteiger partial charge in [-0.2, -0.15) is 0 Å². The van der Waals surface area contributed by atoms with E-state index in [9.17, 15) is 19.6 Å². The second-order valence-corrected chi connectivity index (χ2v) is 10.1. The van der Waals surface area contributed by atoms with Gasteiger partial charge < -0.3 is 34.9 Å². The third kappa shape index (κ3) is 7.20. The zero-order chi connectivity index (χ0) is 27.8. The van der Waals surface area contributed by atoms with Crippen molar-refractivity contribution < 1.29 is 33.8 Å². The smallest absolute Gasteiger partial charge is 0.475 e. The number of carbonyl (C=O) groups is 2. The van der Waals surface area contributed by atoms with Crippen molar-refractivity contribution in [1.29, 1.82) is 0 Å². The summed E-state index contributed by atoms with van der Waals surface area (Å²) in [7, 11) is 3.02. The largest absolute Gasteiger partial charge is 0.496 e. The minimum absolute atomic E-state index is 0.135. The van der Waals surface area contributed by atoms with Gasteiger partial charge in [0.2, 0.25) is 11.8 Å². The molecule has 2 aromatic rings. The molecule has 3 atom stereocenters. The van der Waals surface area contributed by atoms with E-state index in [1.165, 1.54) is 0 Å². The van der Waals surface area contributed by atoms with E-state index in [0.29, 0.717) is 42.9 Å². The van der Waals surface area contributed by atoms with E-state index in [1.807, 2.05) is 44.2 Å². The number of fused-ring (bicyclic) bond motifs is 1. The van der Waals surface area contributed by atoms with E-state index in [2.05, 4.69) is 10.6 Å². The van der Waals surface area contributed by atoms with Gasteiger partial charge in [-0.3, -0.25) is 9.59 Å². The maximum atomic E-state index is 13.5. The van der Waals surface area contributed by atoms with Gasteiger partial charge in [0.1, 0.15) is 11.8 Å². The predicted octanol–water partition coefficient (Wildman–Crippen LogP) is 2.09. The molecule has 0 saturated heterocycles. The van der Waals surface area contributed by atoms with Gasteiger partial charge >= 0.3 is 7.12 Å². The van der Waals surface area contributed by atoms with E-state index in [1.54, 1.807) is 27.4 Å². The highest BCUT2D eigenvalue weighted by Gasteiger charge is 2.34. The fraction of sp³-hybridized carbons (Fsp3) is 0.500. The van der Waals surface area contributed by atoms with Crippen LogP contribution in [0.3, 0.4) is 0 Å². The first-order valence-electron chi connectivity index (χ1n) is 13.0. The number of hydrogen-bond donors (Lipinski definition) is 4. The van der Waals surface area contributed by atoms with Crippen LogP contribution in [0.15, 0.2) is 36.4 Å². The van der Waals surface area contributed by atoms with Gasteiger partial charge in [-0.05, 0) is 37.2 Å². The summed E-state index contributed by atoms with van der Waals surface area (Å²) >= 11 is 0. The summed E-state index contributed by atoms with van der Waals surface area (Å²) < 4.78 is 16.7. The molecule has 9 nitrogen and oxygen atoms in total. The highest BCUT2D eigenvalue weighted by molar-refractivity contribution is 6.43. The van der Waals surface area contributed by atoms with Gasteiger partial charge in [0.25, 0.3) is 0 Å². The number of nitrogens with one attached hydrogen (secondary N) is 2. The number of methoxy groups -OCH3 is 3. The molecule has 0 aromatic heterocycles. The molecule has 0 fully saturated rings. The van der Waals surface area contributed by atoms with Crippen molar-refractivity contribution in [3.63, 3.8) is 0 Å². The van der Waals surface area contributed by atoms with Crippen LogP contribution in [0.4, 0.5) is 0 Å². The van der Waals surface area contributed by atoms with Crippen molar-refractivity contribution in [2.45, 2.75) is 57.9 Å². The second-order valence-electron chi connectivity index (χ2n) is 10.1. The Kier molecular flexibility index (Phi) is 10.4. The Morgan fingerprint density at radius 3 is 2.26 bits per heavy atom. The molecule has 2 amide bonds. The van der Waals surface area contributed by atoms with Crippen LogP contribution in [-0.2, 0) is 28.9 Å². The van der Waals surface area contributed by atoms with E-state index < -0.39 is 30.9 Å². The zero-order valence-electron chi connectivity index (χ0n) is 22.8. The van der Waals surface area contributed by atoms with Crippen LogP contribution in [0, 0.1) is 11.8 Å². The third-order valence-corrected chi connectivity index (χ3v) is 6.96. The molecular formula is C28H39BN2O7. The molecule has 0 heterocycles. The van der Waals surface area contributed by atoms with Crippen LogP contribution >= 0.6 is 0 Å². The summed E-state index contributed by atoms with van der Waals surface area (Å²) in [6.45, 7) is 3.87. The van der Waals surface area contributed by atoms with Crippen molar-refractivity contribution >= 4 is 18.9 Å². The number of hydrogen-bond acceptors (Lipinski definition) is 7. The molecule has 10 heteroatoms. The lowest BCUT2D eigenvalue weighted by atomic mass is 9.75. The van der Waals surface area contributed by atoms with Crippen LogP contribution in [0.25, 0.3) is 0 Å². The van der Waals surface area contributed by atoms with Crippen LogP contribution in [-0.4, -0.2) is 62.3 Å². The van der Waals surface area contributed by atoms with Gasteiger partial charge in [-0.1, -0.05) is 44.2 Å². The van der Waals surface area contributed by atoms with E-state index in [4.69, 9.17) is 14.2 Å². The van der Waals surface area contributed by atoms with E-state index in [-0.39, 0.29) is 18.2 Å². The third-order valence-electron chi connectivity index (χ3n) is 6.96. The number of benzene rings is 2. The van der Waals surface area contributed by atoms with Crippen molar-refractivity contribution in [2.75, 3.05) is 21.3 Å². The monoisotopic (exact) mass is 526 g/mol. The Balaban J connectivity index is 1.83. The van der Waals surface area contributed by atoms with E-state index in [0.717, 1.165) is 16.7 Å². The molecule has 3 rings (SSSR count). The quantitative estimate of drug-likeness (QED) is 0.312. The molecule has 2 aromatic carbocycles. The Morgan fingerprint density at radius 1 is 1.00 bits per heavy atom. The molecule has 1 aliphatic carbocycles. The highest BCUT2D eigenvalue weighted by Crippen LogP contribution is 2.44. The van der Waals surface area contributed by atoms with Gasteiger partial charge in [-0.25, -0.2) is 0 Å². The molecule has 206 valence electrons. The Hall–Kier alpha value is -3.24. The molecule has 0 aliphatic heterocycles. The first-order valence-corrected chi connectivity index (χ1v) is 13.0. The van der Waals surface area contributed by atoms with Crippen molar-refractivity contribution in [2.24, 2.45) is 11.8 Å². The Labute approximate surface area is 225 Å². The fourth-order valence-corrected chi connectivity index (χ4v) is 5.04. The van der Waals surface area contributed by atoms with Crippen LogP contribution in [0.2, 0.25) is 0 Å². The van der Waals surface area contributed by atoms with Crippen LogP contribution < -0.4 is 24.8 Å². The predicted molar refractivity (Wildman–Crippen MR) is 145 cm³/mol. The lowest BCUT2D eigenvalue weighted by Crippen LogP contribution is -2.55. The molecule has 0 radical (unpaired) electrons. The summed E-state index contributed by atoms with van der Waals surface area (Å²) in [5, 5.41) is 25.3. The van der Waals surface area contributed by atoms with Gasteiger partial charge in [0.05, 0.1) is 27.3 Å². The minimum atomic E-state index is -1.71. The maximum absolute atomic E-state index is 13.5. The minimum Gasteiger partial charge on any atom is -0.496 e. The zero-order valence-corrected chi connectivity index (χ0v) is 22.8. The molecule has 0 saturated carbocycles. The van der Waals surface area contributed by atoms with Crippen molar-refractivity contribution in [1.82, 2.24) is 10.6 Å². The average molecular weight is 526 g/mol. The number of amides is 2. The molecule has 4 N–H and O–H groups in total. The van der Waals surface area contributed by atoms with Gasteiger partial charge in [-0.15, -0.1) is 0 Å². The molecule has 2 unspecified atom stereocenters. The molecule has 38 heavy (non-hydrogen) atoms. The van der Waals surface area contributed by atoms with Crippen LogP contribution in [0.1, 0.15) is 43.4 Å².